The predicted octanol–water partition coefficient (Wildman–Crippen LogP) is 4.99. The number of hydrogen-bond acceptors (Lipinski definition) is 6. The molecule has 1 aliphatic rings. The van der Waals surface area contributed by atoms with Crippen molar-refractivity contribution < 1.29 is 13.6 Å². The van der Waals surface area contributed by atoms with E-state index in [-0.39, 0.29) is 23.4 Å². The first-order valence-electron chi connectivity index (χ1n) is 9.85. The highest BCUT2D eigenvalue weighted by Gasteiger charge is 2.30. The second-order valence-corrected chi connectivity index (χ2v) is 8.28. The molecule has 3 aromatic rings. The first-order valence-corrected chi connectivity index (χ1v) is 10.6. The van der Waals surface area contributed by atoms with Crippen molar-refractivity contribution in [2.75, 3.05) is 25.0 Å². The molecule has 0 spiro atoms. The van der Waals surface area contributed by atoms with E-state index in [2.05, 4.69) is 11.1 Å². The maximum Gasteiger partial charge on any atom is 0.266 e. The summed E-state index contributed by atoms with van der Waals surface area (Å²) in [6.07, 6.45) is 2.84. The number of amides is 1. The standard InChI is InChI=1S/C22H20Cl2N4O3/c1-27(13-14-4-5-16(23)17(24)11-14)21(29)15-6-8-28(9-7-15)22-18(12-25)26-20(31-22)19-3-2-10-30-19/h2-5,10-11,15H,6-9,13H2,1H3. The molecule has 0 unspecified atom stereocenters. The fraction of sp³-hybridized carbons (Fsp3) is 0.318. The smallest absolute Gasteiger partial charge is 0.266 e. The van der Waals surface area contributed by atoms with E-state index in [4.69, 9.17) is 32.0 Å². The molecule has 0 N–H and O–H groups in total. The van der Waals surface area contributed by atoms with Crippen molar-refractivity contribution in [3.63, 3.8) is 0 Å². The van der Waals surface area contributed by atoms with E-state index in [1.54, 1.807) is 36.2 Å². The Morgan fingerprint density at radius 2 is 2.06 bits per heavy atom. The third-order valence-electron chi connectivity index (χ3n) is 5.36. The van der Waals surface area contributed by atoms with Crippen LogP contribution in [0.5, 0.6) is 0 Å². The number of nitriles is 1. The number of nitrogens with zero attached hydrogens (tertiary/aromatic N) is 4. The van der Waals surface area contributed by atoms with Crippen LogP contribution in [-0.2, 0) is 11.3 Å². The van der Waals surface area contributed by atoms with Gasteiger partial charge in [0.05, 0.1) is 16.3 Å². The third-order valence-corrected chi connectivity index (χ3v) is 6.10. The van der Waals surface area contributed by atoms with E-state index in [1.807, 2.05) is 11.0 Å². The molecule has 0 bridgehead atoms. The van der Waals surface area contributed by atoms with Crippen LogP contribution < -0.4 is 4.90 Å². The summed E-state index contributed by atoms with van der Waals surface area (Å²) in [5.41, 5.74) is 1.14. The summed E-state index contributed by atoms with van der Waals surface area (Å²) in [7, 11) is 1.79. The minimum Gasteiger partial charge on any atom is -0.459 e. The lowest BCUT2D eigenvalue weighted by Crippen LogP contribution is -2.41. The van der Waals surface area contributed by atoms with Gasteiger partial charge in [0.25, 0.3) is 5.89 Å². The fourth-order valence-electron chi connectivity index (χ4n) is 3.74. The second-order valence-electron chi connectivity index (χ2n) is 7.47. The summed E-state index contributed by atoms with van der Waals surface area (Å²) < 4.78 is 11.1. The molecule has 9 heteroatoms. The molecule has 7 nitrogen and oxygen atoms in total. The minimum absolute atomic E-state index is 0.0834. The summed E-state index contributed by atoms with van der Waals surface area (Å²) in [5.74, 6) is 1.15. The van der Waals surface area contributed by atoms with Crippen LogP contribution in [-0.4, -0.2) is 35.9 Å². The molecule has 0 saturated carbocycles. The zero-order chi connectivity index (χ0) is 22.0. The minimum atomic E-state index is -0.0953. The van der Waals surface area contributed by atoms with Crippen molar-refractivity contribution in [2.45, 2.75) is 19.4 Å². The molecule has 0 aliphatic carbocycles. The van der Waals surface area contributed by atoms with Crippen LogP contribution in [0.2, 0.25) is 10.0 Å². The monoisotopic (exact) mass is 458 g/mol. The molecule has 4 rings (SSSR count). The van der Waals surface area contributed by atoms with Crippen molar-refractivity contribution in [1.82, 2.24) is 9.88 Å². The zero-order valence-electron chi connectivity index (χ0n) is 16.8. The molecule has 3 heterocycles. The number of benzene rings is 1. The molecule has 0 atom stereocenters. The summed E-state index contributed by atoms with van der Waals surface area (Å²) in [4.78, 5) is 20.8. The average Bonchev–Trinajstić information content (AvgIpc) is 3.45. The van der Waals surface area contributed by atoms with Gasteiger partial charge in [-0.25, -0.2) is 0 Å². The highest BCUT2D eigenvalue weighted by Crippen LogP contribution is 2.32. The lowest BCUT2D eigenvalue weighted by molar-refractivity contribution is -0.135. The SMILES string of the molecule is CN(Cc1ccc(Cl)c(Cl)c1)C(=O)C1CCN(c2oc(-c3ccco3)nc2C#N)CC1. The number of halogens is 2. The summed E-state index contributed by atoms with van der Waals surface area (Å²) in [6, 6.07) is 10.9. The Balaban J connectivity index is 1.38. The molecule has 31 heavy (non-hydrogen) atoms. The van der Waals surface area contributed by atoms with Crippen LogP contribution in [0.25, 0.3) is 11.7 Å². The number of hydrogen-bond donors (Lipinski definition) is 0. The van der Waals surface area contributed by atoms with Gasteiger partial charge in [0, 0.05) is 32.6 Å². The van der Waals surface area contributed by atoms with Gasteiger partial charge in [0.2, 0.25) is 17.5 Å². The fourth-order valence-corrected chi connectivity index (χ4v) is 4.06. The van der Waals surface area contributed by atoms with Crippen molar-refractivity contribution in [2.24, 2.45) is 5.92 Å². The Morgan fingerprint density at radius 3 is 2.71 bits per heavy atom. The van der Waals surface area contributed by atoms with Crippen molar-refractivity contribution >= 4 is 35.0 Å². The summed E-state index contributed by atoms with van der Waals surface area (Å²) >= 11 is 12.0. The number of furan rings is 1. The normalized spacial score (nSPS) is 14.5. The van der Waals surface area contributed by atoms with Crippen LogP contribution in [0.3, 0.4) is 0 Å². The molecule has 0 radical (unpaired) electrons. The average molecular weight is 459 g/mol. The number of rotatable bonds is 5. The van der Waals surface area contributed by atoms with E-state index in [9.17, 15) is 10.1 Å². The molecular formula is C22H20Cl2N4O3. The Kier molecular flexibility index (Phi) is 6.21. The number of oxazole rings is 1. The van der Waals surface area contributed by atoms with Crippen molar-refractivity contribution in [1.29, 1.82) is 5.26 Å². The van der Waals surface area contributed by atoms with Crippen LogP contribution in [0.1, 0.15) is 24.1 Å². The van der Waals surface area contributed by atoms with Crippen LogP contribution >= 0.6 is 23.2 Å². The molecular weight excluding hydrogens is 439 g/mol. The lowest BCUT2D eigenvalue weighted by atomic mass is 9.95. The zero-order valence-corrected chi connectivity index (χ0v) is 18.4. The Labute approximate surface area is 189 Å². The van der Waals surface area contributed by atoms with Gasteiger partial charge in [-0.3, -0.25) is 4.79 Å². The van der Waals surface area contributed by atoms with Crippen LogP contribution in [0, 0.1) is 17.2 Å². The predicted molar refractivity (Wildman–Crippen MR) is 117 cm³/mol. The Hall–Kier alpha value is -2.95. The summed E-state index contributed by atoms with van der Waals surface area (Å²) in [6.45, 7) is 1.65. The molecule has 1 amide bonds. The van der Waals surface area contributed by atoms with Gasteiger partial charge in [0.15, 0.2) is 5.76 Å². The van der Waals surface area contributed by atoms with Crippen molar-refractivity contribution in [3.05, 3.63) is 57.9 Å². The number of carbonyl (C=O) groups excluding carboxylic acids is 1. The van der Waals surface area contributed by atoms with E-state index in [0.29, 0.717) is 54.2 Å². The van der Waals surface area contributed by atoms with Gasteiger partial charge < -0.3 is 18.6 Å². The summed E-state index contributed by atoms with van der Waals surface area (Å²) in [5, 5.41) is 10.4. The molecule has 1 aliphatic heterocycles. The highest BCUT2D eigenvalue weighted by atomic mass is 35.5. The van der Waals surface area contributed by atoms with E-state index >= 15 is 0 Å². The maximum absolute atomic E-state index is 12.9. The van der Waals surface area contributed by atoms with Gasteiger partial charge >= 0.3 is 0 Å². The van der Waals surface area contributed by atoms with Crippen LogP contribution in [0.15, 0.2) is 45.4 Å². The highest BCUT2D eigenvalue weighted by molar-refractivity contribution is 6.42. The van der Waals surface area contributed by atoms with Gasteiger partial charge in [-0.1, -0.05) is 29.3 Å². The molecule has 1 saturated heterocycles. The number of piperidine rings is 1. The van der Waals surface area contributed by atoms with Gasteiger partial charge in [0.1, 0.15) is 6.07 Å². The first-order chi connectivity index (χ1) is 15.0. The Bertz CT molecular complexity index is 1110. The number of carbonyl (C=O) groups is 1. The van der Waals surface area contributed by atoms with E-state index < -0.39 is 0 Å². The maximum atomic E-state index is 12.9. The van der Waals surface area contributed by atoms with Gasteiger partial charge in [-0.05, 0) is 42.7 Å². The van der Waals surface area contributed by atoms with Gasteiger partial charge in [-0.15, -0.1) is 0 Å². The second kappa shape index (κ2) is 9.04. The van der Waals surface area contributed by atoms with Crippen molar-refractivity contribution in [3.8, 4) is 17.7 Å². The molecule has 160 valence electrons. The van der Waals surface area contributed by atoms with E-state index in [0.717, 1.165) is 5.56 Å². The molecule has 2 aromatic heterocycles. The molecule has 1 aromatic carbocycles. The quantitative estimate of drug-likeness (QED) is 0.535. The van der Waals surface area contributed by atoms with Crippen LogP contribution in [0.4, 0.5) is 5.88 Å². The third kappa shape index (κ3) is 4.55. The lowest BCUT2D eigenvalue weighted by Gasteiger charge is -2.33. The topological polar surface area (TPSA) is 86.5 Å². The van der Waals surface area contributed by atoms with E-state index in [1.165, 1.54) is 6.26 Å². The first kappa shape index (κ1) is 21.3. The Morgan fingerprint density at radius 1 is 1.29 bits per heavy atom. The number of anilines is 1. The largest absolute Gasteiger partial charge is 0.459 e. The molecule has 1 fully saturated rings. The van der Waals surface area contributed by atoms with Gasteiger partial charge in [-0.2, -0.15) is 10.2 Å². The number of aromatic nitrogens is 1.